The summed E-state index contributed by atoms with van der Waals surface area (Å²) >= 11 is 0. The van der Waals surface area contributed by atoms with E-state index in [4.69, 9.17) is 10.5 Å². The number of allylic oxidation sites excluding steroid dienone is 2. The first-order valence-electron chi connectivity index (χ1n) is 10.3. The van der Waals surface area contributed by atoms with Crippen LogP contribution in [0.15, 0.2) is 61.2 Å². The fourth-order valence-electron chi connectivity index (χ4n) is 3.59. The summed E-state index contributed by atoms with van der Waals surface area (Å²) in [5, 5.41) is 0. The Bertz CT molecular complexity index is 586. The van der Waals surface area contributed by atoms with E-state index in [-0.39, 0.29) is 6.10 Å². The van der Waals surface area contributed by atoms with Gasteiger partial charge in [-0.05, 0) is 68.5 Å². The molecule has 1 aromatic rings. The Hall–Kier alpha value is -1.84. The summed E-state index contributed by atoms with van der Waals surface area (Å²) in [6.07, 6.45) is 9.17. The average molecular weight is 371 g/mol. The van der Waals surface area contributed by atoms with E-state index >= 15 is 0 Å². The lowest BCUT2D eigenvalue weighted by Gasteiger charge is -2.33. The Morgan fingerprint density at radius 3 is 2.56 bits per heavy atom. The molecule has 3 heteroatoms. The summed E-state index contributed by atoms with van der Waals surface area (Å²) in [6.45, 7) is 17.8. The van der Waals surface area contributed by atoms with E-state index in [0.29, 0.717) is 12.5 Å². The second-order valence-electron chi connectivity index (χ2n) is 6.63. The molecular weight excluding hydrogens is 332 g/mol. The number of nitrogen functional groups attached to an aromatic ring is 1. The lowest BCUT2D eigenvalue weighted by molar-refractivity contribution is 0.0716. The third-order valence-electron chi connectivity index (χ3n) is 4.96. The summed E-state index contributed by atoms with van der Waals surface area (Å²) < 4.78 is 5.91. The molecule has 1 aliphatic rings. The fraction of sp³-hybridized carbons (Fsp3) is 0.500. The molecule has 0 spiro atoms. The summed E-state index contributed by atoms with van der Waals surface area (Å²) in [6, 6.07) is 8.35. The quantitative estimate of drug-likeness (QED) is 0.456. The third kappa shape index (κ3) is 7.74. The first-order valence-corrected chi connectivity index (χ1v) is 10.3. The predicted molar refractivity (Wildman–Crippen MR) is 119 cm³/mol. The number of piperidine rings is 1. The SMILES string of the molecule is C=C/C=C(\C=C)[C@@H](CCN1CCC(c2cccc(N)c2)CC1)OCC.CC. The molecular formula is C24H38N2O. The van der Waals surface area contributed by atoms with Crippen LogP contribution in [0.3, 0.4) is 0 Å². The molecule has 1 aromatic carbocycles. The minimum atomic E-state index is 0.104. The smallest absolute Gasteiger partial charge is 0.0836 e. The highest BCUT2D eigenvalue weighted by molar-refractivity contribution is 5.42. The standard InChI is InChI=1S/C22H32N2O.C2H6/c1-4-8-18(5-2)22(25-6-3)13-16-24-14-11-19(12-15-24)20-9-7-10-21(23)17-20;1-2/h4-5,7-10,17,19,22H,1-2,6,11-16,23H2,3H3;1-2H3/b18-8+;/t22-;/m1./s1. The van der Waals surface area contributed by atoms with Gasteiger partial charge in [0.1, 0.15) is 0 Å². The van der Waals surface area contributed by atoms with Gasteiger partial charge in [0.2, 0.25) is 0 Å². The number of likely N-dealkylation sites (tertiary alicyclic amines) is 1. The van der Waals surface area contributed by atoms with Crippen LogP contribution >= 0.6 is 0 Å². The van der Waals surface area contributed by atoms with Crippen LogP contribution in [0.4, 0.5) is 5.69 Å². The van der Waals surface area contributed by atoms with Gasteiger partial charge in [0, 0.05) is 18.8 Å². The van der Waals surface area contributed by atoms with E-state index in [9.17, 15) is 0 Å². The number of nitrogens with two attached hydrogens (primary N) is 1. The van der Waals surface area contributed by atoms with Crippen LogP contribution in [0.2, 0.25) is 0 Å². The molecule has 3 nitrogen and oxygen atoms in total. The number of anilines is 1. The predicted octanol–water partition coefficient (Wildman–Crippen LogP) is 5.57. The number of rotatable bonds is 9. The summed E-state index contributed by atoms with van der Waals surface area (Å²) in [4.78, 5) is 2.55. The van der Waals surface area contributed by atoms with Gasteiger partial charge in [-0.2, -0.15) is 0 Å². The van der Waals surface area contributed by atoms with Gasteiger partial charge in [0.15, 0.2) is 0 Å². The number of hydrogen-bond donors (Lipinski definition) is 1. The number of benzene rings is 1. The number of hydrogen-bond acceptors (Lipinski definition) is 3. The van der Waals surface area contributed by atoms with Crippen molar-refractivity contribution in [1.29, 1.82) is 0 Å². The van der Waals surface area contributed by atoms with Crippen molar-refractivity contribution in [3.8, 4) is 0 Å². The van der Waals surface area contributed by atoms with E-state index in [0.717, 1.165) is 37.3 Å². The van der Waals surface area contributed by atoms with Crippen molar-refractivity contribution in [2.75, 3.05) is 32.0 Å². The maximum absolute atomic E-state index is 5.92. The first kappa shape index (κ1) is 23.2. The van der Waals surface area contributed by atoms with Crippen molar-refractivity contribution in [2.45, 2.75) is 52.1 Å². The van der Waals surface area contributed by atoms with Crippen molar-refractivity contribution in [1.82, 2.24) is 4.90 Å². The minimum absolute atomic E-state index is 0.104. The topological polar surface area (TPSA) is 38.5 Å². The van der Waals surface area contributed by atoms with Crippen molar-refractivity contribution >= 4 is 5.69 Å². The maximum atomic E-state index is 5.92. The molecule has 1 saturated heterocycles. The molecule has 1 heterocycles. The van der Waals surface area contributed by atoms with Gasteiger partial charge in [0.05, 0.1) is 6.10 Å². The maximum Gasteiger partial charge on any atom is 0.0836 e. The monoisotopic (exact) mass is 370 g/mol. The number of nitrogens with zero attached hydrogens (tertiary/aromatic N) is 1. The normalized spacial score (nSPS) is 16.9. The molecule has 0 aromatic heterocycles. The van der Waals surface area contributed by atoms with Crippen molar-refractivity contribution in [3.63, 3.8) is 0 Å². The zero-order chi connectivity index (χ0) is 20.1. The largest absolute Gasteiger partial charge is 0.399 e. The first-order chi connectivity index (χ1) is 13.2. The summed E-state index contributed by atoms with van der Waals surface area (Å²) in [7, 11) is 0. The van der Waals surface area contributed by atoms with Gasteiger partial charge >= 0.3 is 0 Å². The van der Waals surface area contributed by atoms with Gasteiger partial charge in [-0.15, -0.1) is 0 Å². The second-order valence-corrected chi connectivity index (χ2v) is 6.63. The van der Waals surface area contributed by atoms with Crippen molar-refractivity contribution < 1.29 is 4.74 Å². The molecule has 1 aliphatic heterocycles. The van der Waals surface area contributed by atoms with E-state index in [1.165, 1.54) is 18.4 Å². The molecule has 0 bridgehead atoms. The molecule has 0 unspecified atom stereocenters. The summed E-state index contributed by atoms with van der Waals surface area (Å²) in [5.74, 6) is 0.631. The molecule has 0 aliphatic carbocycles. The van der Waals surface area contributed by atoms with Crippen LogP contribution in [0.25, 0.3) is 0 Å². The van der Waals surface area contributed by atoms with Crippen LogP contribution in [0.1, 0.15) is 51.5 Å². The van der Waals surface area contributed by atoms with Gasteiger partial charge in [-0.1, -0.05) is 57.4 Å². The Morgan fingerprint density at radius 2 is 2.00 bits per heavy atom. The zero-order valence-corrected chi connectivity index (χ0v) is 17.5. The second kappa shape index (κ2) is 13.3. The van der Waals surface area contributed by atoms with E-state index in [1.54, 1.807) is 6.08 Å². The molecule has 0 saturated carbocycles. The van der Waals surface area contributed by atoms with E-state index in [2.05, 4.69) is 36.3 Å². The van der Waals surface area contributed by atoms with Crippen LogP contribution in [-0.2, 0) is 4.74 Å². The number of ether oxygens (including phenoxy) is 1. The van der Waals surface area contributed by atoms with E-state index in [1.807, 2.05) is 39.0 Å². The van der Waals surface area contributed by atoms with Crippen molar-refractivity contribution in [2.24, 2.45) is 0 Å². The molecule has 150 valence electrons. The van der Waals surface area contributed by atoms with Gasteiger partial charge in [-0.25, -0.2) is 0 Å². The Morgan fingerprint density at radius 1 is 1.30 bits per heavy atom. The average Bonchev–Trinajstić information content (AvgIpc) is 2.71. The molecule has 0 radical (unpaired) electrons. The molecule has 0 amide bonds. The Labute approximate surface area is 166 Å². The van der Waals surface area contributed by atoms with Crippen LogP contribution in [0.5, 0.6) is 0 Å². The third-order valence-corrected chi connectivity index (χ3v) is 4.96. The highest BCUT2D eigenvalue weighted by Gasteiger charge is 2.22. The highest BCUT2D eigenvalue weighted by Crippen LogP contribution is 2.29. The Kier molecular flexibility index (Phi) is 11.5. The van der Waals surface area contributed by atoms with Crippen molar-refractivity contribution in [3.05, 3.63) is 66.8 Å². The highest BCUT2D eigenvalue weighted by atomic mass is 16.5. The van der Waals surface area contributed by atoms with Crippen LogP contribution in [-0.4, -0.2) is 37.2 Å². The molecule has 1 atom stereocenters. The zero-order valence-electron chi connectivity index (χ0n) is 17.5. The van der Waals surface area contributed by atoms with Gasteiger partial charge in [0.25, 0.3) is 0 Å². The molecule has 2 N–H and O–H groups in total. The van der Waals surface area contributed by atoms with Gasteiger partial charge in [-0.3, -0.25) is 0 Å². The van der Waals surface area contributed by atoms with Crippen LogP contribution in [0, 0.1) is 0 Å². The van der Waals surface area contributed by atoms with Crippen LogP contribution < -0.4 is 5.73 Å². The molecule has 2 rings (SSSR count). The van der Waals surface area contributed by atoms with Gasteiger partial charge < -0.3 is 15.4 Å². The summed E-state index contributed by atoms with van der Waals surface area (Å²) in [5.41, 5.74) is 9.29. The Balaban J connectivity index is 0.00000176. The fourth-order valence-corrected chi connectivity index (χ4v) is 3.59. The molecule has 27 heavy (non-hydrogen) atoms. The van der Waals surface area contributed by atoms with E-state index < -0.39 is 0 Å². The lowest BCUT2D eigenvalue weighted by atomic mass is 9.89. The lowest BCUT2D eigenvalue weighted by Crippen LogP contribution is -2.35. The minimum Gasteiger partial charge on any atom is -0.399 e. The molecule has 1 fully saturated rings.